The second-order valence-electron chi connectivity index (χ2n) is 0.950. The standard InChI is InChI=1S/CH5N4O/c6-5-1-2-3-4-5/h2-4H,1H2/q-1. The van der Waals surface area contributed by atoms with Crippen LogP contribution in [0, 0.1) is 5.21 Å². The molecule has 1 saturated heterocycles. The normalized spacial score (nSPS) is 25.5. The summed E-state index contributed by atoms with van der Waals surface area (Å²) in [6.45, 7) is 0.292. The van der Waals surface area contributed by atoms with E-state index in [0.717, 1.165) is 0 Å². The molecule has 0 bridgehead atoms. The van der Waals surface area contributed by atoms with E-state index in [0.29, 0.717) is 11.8 Å². The van der Waals surface area contributed by atoms with Gasteiger partial charge in [0.2, 0.25) is 0 Å². The van der Waals surface area contributed by atoms with Crippen LogP contribution < -0.4 is 16.5 Å². The number of hydrazine groups is 3. The van der Waals surface area contributed by atoms with Gasteiger partial charge >= 0.3 is 0 Å². The Hall–Kier alpha value is -0.200. The van der Waals surface area contributed by atoms with Gasteiger partial charge in [0.15, 0.2) is 0 Å². The molecule has 1 rings (SSSR count). The molecule has 1 fully saturated rings. The minimum absolute atomic E-state index is 0.292. The van der Waals surface area contributed by atoms with Gasteiger partial charge in [0, 0.05) is 0 Å². The second kappa shape index (κ2) is 1.50. The molecular formula is CH5N4O-. The van der Waals surface area contributed by atoms with Gasteiger partial charge in [0.1, 0.15) is 0 Å². The number of hydrogen-bond donors (Lipinski definition) is 3. The summed E-state index contributed by atoms with van der Waals surface area (Å²) in [4.78, 5) is 0. The molecule has 5 nitrogen and oxygen atoms in total. The zero-order valence-corrected chi connectivity index (χ0v) is 3.06. The Labute approximate surface area is 34.8 Å². The summed E-state index contributed by atoms with van der Waals surface area (Å²) in [6, 6.07) is 0. The first-order valence-electron chi connectivity index (χ1n) is 1.58. The number of nitrogens with one attached hydrogen (secondary N) is 3. The smallest absolute Gasteiger partial charge is 0.0651 e. The average molecular weight is 89.1 g/mol. The molecule has 1 aliphatic rings. The van der Waals surface area contributed by atoms with Crippen molar-refractivity contribution in [2.24, 2.45) is 0 Å². The molecule has 3 N–H and O–H groups in total. The zero-order valence-electron chi connectivity index (χ0n) is 3.06. The Bertz CT molecular complexity index is 40.8. The largest absolute Gasteiger partial charge is 0.770 e. The predicted octanol–water partition coefficient (Wildman–Crippen LogP) is -1.73. The minimum atomic E-state index is 0.292. The summed E-state index contributed by atoms with van der Waals surface area (Å²) in [7, 11) is 0. The number of hydrogen-bond acceptors (Lipinski definition) is 5. The molecule has 1 heterocycles. The van der Waals surface area contributed by atoms with Crippen LogP contribution in [0.15, 0.2) is 0 Å². The van der Waals surface area contributed by atoms with E-state index in [1.54, 1.807) is 0 Å². The summed E-state index contributed by atoms with van der Waals surface area (Å²) in [5.74, 6) is 0. The van der Waals surface area contributed by atoms with Crippen LogP contribution in [-0.2, 0) is 0 Å². The molecule has 5 heteroatoms. The van der Waals surface area contributed by atoms with Gasteiger partial charge in [-0.2, -0.15) is 11.1 Å². The van der Waals surface area contributed by atoms with Crippen LogP contribution in [0.3, 0.4) is 0 Å². The van der Waals surface area contributed by atoms with E-state index in [1.165, 1.54) is 0 Å². The molecule has 0 spiro atoms. The Morgan fingerprint density at radius 1 is 1.67 bits per heavy atom. The Morgan fingerprint density at radius 3 is 2.67 bits per heavy atom. The summed E-state index contributed by atoms with van der Waals surface area (Å²) in [5, 5.41) is 10.6. The van der Waals surface area contributed by atoms with Gasteiger partial charge in [0.25, 0.3) is 0 Å². The molecular weight excluding hydrogens is 84.0 g/mol. The van der Waals surface area contributed by atoms with Crippen molar-refractivity contribution in [1.29, 1.82) is 0 Å². The molecule has 1 aliphatic heterocycles. The van der Waals surface area contributed by atoms with E-state index in [-0.39, 0.29) is 0 Å². The molecule has 0 radical (unpaired) electrons. The van der Waals surface area contributed by atoms with Crippen molar-refractivity contribution in [3.8, 4) is 0 Å². The first-order chi connectivity index (χ1) is 2.89. The van der Waals surface area contributed by atoms with E-state index < -0.39 is 0 Å². The highest BCUT2D eigenvalue weighted by atomic mass is 16.6. The minimum Gasteiger partial charge on any atom is -0.770 e. The third kappa shape index (κ3) is 0.644. The molecule has 6 heavy (non-hydrogen) atoms. The van der Waals surface area contributed by atoms with Crippen molar-refractivity contribution in [2.75, 3.05) is 6.67 Å². The Kier molecular flexibility index (Phi) is 0.992. The lowest BCUT2D eigenvalue weighted by Crippen LogP contribution is -2.33. The van der Waals surface area contributed by atoms with E-state index in [2.05, 4.69) is 16.5 Å². The van der Waals surface area contributed by atoms with Crippen molar-refractivity contribution in [3.63, 3.8) is 0 Å². The van der Waals surface area contributed by atoms with E-state index in [4.69, 9.17) is 0 Å². The predicted molar refractivity (Wildman–Crippen MR) is 19.5 cm³/mol. The second-order valence-corrected chi connectivity index (χ2v) is 0.950. The fourth-order valence-electron chi connectivity index (χ4n) is 0.253. The lowest BCUT2D eigenvalue weighted by atomic mass is 11.2. The van der Waals surface area contributed by atoms with E-state index in [1.807, 2.05) is 0 Å². The number of nitrogens with zero attached hydrogens (tertiary/aromatic N) is 1. The summed E-state index contributed by atoms with van der Waals surface area (Å²) in [6.07, 6.45) is 0. The monoisotopic (exact) mass is 89.0 g/mol. The SMILES string of the molecule is [O-]N1CNNN1. The molecule has 0 aliphatic carbocycles. The lowest BCUT2D eigenvalue weighted by Gasteiger charge is -2.16. The first kappa shape index (κ1) is 3.97. The lowest BCUT2D eigenvalue weighted by molar-refractivity contribution is 0.330. The maximum absolute atomic E-state index is 9.92. The van der Waals surface area contributed by atoms with Gasteiger partial charge in [-0.1, -0.05) is 0 Å². The molecule has 0 unspecified atom stereocenters. The summed E-state index contributed by atoms with van der Waals surface area (Å²) < 4.78 is 0. The van der Waals surface area contributed by atoms with E-state index >= 15 is 0 Å². The Morgan fingerprint density at radius 2 is 2.50 bits per heavy atom. The molecule has 0 aromatic heterocycles. The van der Waals surface area contributed by atoms with Crippen molar-refractivity contribution in [3.05, 3.63) is 5.21 Å². The highest BCUT2D eigenvalue weighted by molar-refractivity contribution is 4.46. The van der Waals surface area contributed by atoms with Crippen molar-refractivity contribution < 1.29 is 0 Å². The quantitative estimate of drug-likeness (QED) is 0.329. The van der Waals surface area contributed by atoms with Crippen LogP contribution in [0.4, 0.5) is 0 Å². The van der Waals surface area contributed by atoms with E-state index in [9.17, 15) is 5.21 Å². The molecule has 0 amide bonds. The maximum atomic E-state index is 9.92. The molecule has 36 valence electrons. The zero-order chi connectivity index (χ0) is 4.41. The number of hydroxylamine groups is 1. The third-order valence-corrected chi connectivity index (χ3v) is 0.492. The van der Waals surface area contributed by atoms with Gasteiger partial charge in [-0.15, -0.1) is 0 Å². The molecule has 0 aromatic carbocycles. The summed E-state index contributed by atoms with van der Waals surface area (Å²) in [5.41, 5.74) is 7.15. The van der Waals surface area contributed by atoms with Gasteiger partial charge in [-0.3, -0.25) is 5.17 Å². The fourth-order valence-corrected chi connectivity index (χ4v) is 0.253. The fraction of sp³-hybridized carbons (Fsp3) is 1.00. The highest BCUT2D eigenvalue weighted by Crippen LogP contribution is 1.70. The van der Waals surface area contributed by atoms with Crippen LogP contribution in [0.1, 0.15) is 0 Å². The topological polar surface area (TPSA) is 62.4 Å². The van der Waals surface area contributed by atoms with Gasteiger partial charge in [-0.05, 0) is 0 Å². The van der Waals surface area contributed by atoms with Crippen molar-refractivity contribution in [2.45, 2.75) is 0 Å². The van der Waals surface area contributed by atoms with Crippen LogP contribution in [0.5, 0.6) is 0 Å². The highest BCUT2D eigenvalue weighted by Gasteiger charge is 1.92. The van der Waals surface area contributed by atoms with Crippen LogP contribution >= 0.6 is 0 Å². The molecule has 0 aromatic rings. The third-order valence-electron chi connectivity index (χ3n) is 0.492. The average Bonchev–Trinajstić information content (AvgIpc) is 1.86. The van der Waals surface area contributed by atoms with Crippen LogP contribution in [-0.4, -0.2) is 11.8 Å². The van der Waals surface area contributed by atoms with Gasteiger partial charge in [0.05, 0.1) is 6.67 Å². The maximum Gasteiger partial charge on any atom is 0.0651 e. The Balaban J connectivity index is 2.18. The first-order valence-corrected chi connectivity index (χ1v) is 1.58. The van der Waals surface area contributed by atoms with Crippen LogP contribution in [0.25, 0.3) is 0 Å². The van der Waals surface area contributed by atoms with Crippen LogP contribution in [0.2, 0.25) is 0 Å². The summed E-state index contributed by atoms with van der Waals surface area (Å²) >= 11 is 0. The van der Waals surface area contributed by atoms with Crippen molar-refractivity contribution >= 4 is 0 Å². The molecule has 0 atom stereocenters. The van der Waals surface area contributed by atoms with Gasteiger partial charge in [-0.25, -0.2) is 5.43 Å². The number of rotatable bonds is 0. The molecule has 0 saturated carbocycles. The van der Waals surface area contributed by atoms with Gasteiger partial charge < -0.3 is 5.21 Å². The van der Waals surface area contributed by atoms with Crippen molar-refractivity contribution in [1.82, 2.24) is 21.7 Å².